The van der Waals surface area contributed by atoms with Gasteiger partial charge in [0.2, 0.25) is 0 Å². The summed E-state index contributed by atoms with van der Waals surface area (Å²) in [7, 11) is -3.14. The second-order valence-corrected chi connectivity index (χ2v) is 6.10. The van der Waals surface area contributed by atoms with Gasteiger partial charge in [-0.25, -0.2) is 24.2 Å². The lowest BCUT2D eigenvalue weighted by molar-refractivity contribution is 0.599. The van der Waals surface area contributed by atoms with Crippen molar-refractivity contribution in [3.05, 3.63) is 17.6 Å². The summed E-state index contributed by atoms with van der Waals surface area (Å²) in [6.07, 6.45) is 1.15. The van der Waals surface area contributed by atoms with Crippen molar-refractivity contribution < 1.29 is 8.42 Å². The highest BCUT2D eigenvalue weighted by atomic mass is 32.2. The maximum atomic E-state index is 11.1. The Morgan fingerprint density at radius 3 is 2.50 bits per heavy atom. The molecule has 0 radical (unpaired) electrons. The Bertz CT molecular complexity index is 470. The maximum absolute atomic E-state index is 11.1. The Labute approximate surface area is 95.2 Å². The quantitative estimate of drug-likeness (QED) is 0.588. The number of hydrazine groups is 1. The first-order chi connectivity index (χ1) is 7.31. The minimum atomic E-state index is -3.14. The van der Waals surface area contributed by atoms with Crippen LogP contribution in [0.4, 0.5) is 5.82 Å². The monoisotopic (exact) mass is 244 g/mol. The molecule has 0 unspecified atom stereocenters. The molecule has 7 heteroatoms. The van der Waals surface area contributed by atoms with Gasteiger partial charge in [-0.1, -0.05) is 13.8 Å². The number of rotatable bonds is 4. The Kier molecular flexibility index (Phi) is 3.82. The van der Waals surface area contributed by atoms with Gasteiger partial charge in [-0.15, -0.1) is 0 Å². The average Bonchev–Trinajstić information content (AvgIpc) is 2.14. The summed E-state index contributed by atoms with van der Waals surface area (Å²) in [6.45, 7) is 3.93. The van der Waals surface area contributed by atoms with Crippen molar-refractivity contribution in [2.75, 3.05) is 11.7 Å². The topological polar surface area (TPSA) is 98.0 Å². The molecule has 0 saturated carbocycles. The largest absolute Gasteiger partial charge is 0.308 e. The van der Waals surface area contributed by atoms with Crippen molar-refractivity contribution in [1.29, 1.82) is 0 Å². The zero-order valence-electron chi connectivity index (χ0n) is 9.56. The molecule has 6 nitrogen and oxygen atoms in total. The van der Waals surface area contributed by atoms with Crippen molar-refractivity contribution in [2.24, 2.45) is 5.84 Å². The van der Waals surface area contributed by atoms with E-state index in [1.165, 1.54) is 0 Å². The van der Waals surface area contributed by atoms with E-state index in [2.05, 4.69) is 15.4 Å². The summed E-state index contributed by atoms with van der Waals surface area (Å²) in [4.78, 5) is 8.17. The maximum Gasteiger partial charge on any atom is 0.154 e. The molecule has 0 atom stereocenters. The van der Waals surface area contributed by atoms with Gasteiger partial charge in [-0.05, 0) is 5.92 Å². The highest BCUT2D eigenvalue weighted by Gasteiger charge is 2.11. The molecular weight excluding hydrogens is 228 g/mol. The third-order valence-corrected chi connectivity index (χ3v) is 2.71. The number of nitrogens with one attached hydrogen (secondary N) is 1. The molecule has 0 saturated heterocycles. The van der Waals surface area contributed by atoms with Gasteiger partial charge in [0.15, 0.2) is 9.84 Å². The highest BCUT2D eigenvalue weighted by molar-refractivity contribution is 7.89. The van der Waals surface area contributed by atoms with Crippen LogP contribution < -0.4 is 11.3 Å². The zero-order valence-corrected chi connectivity index (χ0v) is 10.4. The number of anilines is 1. The van der Waals surface area contributed by atoms with E-state index in [1.807, 2.05) is 13.8 Å². The normalized spacial score (nSPS) is 11.8. The molecule has 0 aromatic carbocycles. The molecule has 0 aliphatic rings. The van der Waals surface area contributed by atoms with Crippen molar-refractivity contribution in [1.82, 2.24) is 9.97 Å². The Hall–Kier alpha value is -1.21. The summed E-state index contributed by atoms with van der Waals surface area (Å²) in [5.74, 6) is 5.97. The van der Waals surface area contributed by atoms with Crippen molar-refractivity contribution in [2.45, 2.75) is 25.5 Å². The van der Waals surface area contributed by atoms with Crippen LogP contribution in [0.15, 0.2) is 6.07 Å². The molecule has 1 aromatic rings. The Balaban J connectivity index is 3.14. The molecule has 3 N–H and O–H groups in total. The lowest BCUT2D eigenvalue weighted by Gasteiger charge is -2.09. The third kappa shape index (κ3) is 3.74. The molecule has 0 spiro atoms. The number of nitrogens with zero attached hydrogens (tertiary/aromatic N) is 2. The summed E-state index contributed by atoms with van der Waals surface area (Å²) in [5.41, 5.74) is 3.17. The fourth-order valence-electron chi connectivity index (χ4n) is 1.19. The first-order valence-electron chi connectivity index (χ1n) is 4.84. The predicted molar refractivity (Wildman–Crippen MR) is 62.5 cm³/mol. The summed E-state index contributed by atoms with van der Waals surface area (Å²) in [6, 6.07) is 1.70. The van der Waals surface area contributed by atoms with E-state index in [0.717, 1.165) is 11.9 Å². The van der Waals surface area contributed by atoms with Crippen LogP contribution >= 0.6 is 0 Å². The molecule has 0 aliphatic heterocycles. The molecule has 90 valence electrons. The van der Waals surface area contributed by atoms with Crippen LogP contribution in [0.1, 0.15) is 31.3 Å². The molecule has 0 amide bonds. The number of nitrogen functional groups attached to an aromatic ring is 1. The third-order valence-electron chi connectivity index (χ3n) is 1.92. The number of sulfone groups is 1. The number of hydrogen-bond acceptors (Lipinski definition) is 6. The SMILES string of the molecule is CC(C)c1cc(NN)nc(CS(C)(=O)=O)n1. The lowest BCUT2D eigenvalue weighted by atomic mass is 10.1. The van der Waals surface area contributed by atoms with Crippen LogP contribution in [0.3, 0.4) is 0 Å². The minimum Gasteiger partial charge on any atom is -0.308 e. The molecule has 1 aromatic heterocycles. The second kappa shape index (κ2) is 4.75. The van der Waals surface area contributed by atoms with E-state index in [0.29, 0.717) is 5.82 Å². The van der Waals surface area contributed by atoms with Gasteiger partial charge in [0.1, 0.15) is 17.4 Å². The molecule has 0 aliphatic carbocycles. The predicted octanol–water partition coefficient (Wildman–Crippen LogP) is 0.430. The summed E-state index contributed by atoms with van der Waals surface area (Å²) >= 11 is 0. The van der Waals surface area contributed by atoms with E-state index >= 15 is 0 Å². The van der Waals surface area contributed by atoms with Gasteiger partial charge in [0, 0.05) is 18.0 Å². The Morgan fingerprint density at radius 2 is 2.06 bits per heavy atom. The van der Waals surface area contributed by atoms with Gasteiger partial charge < -0.3 is 5.43 Å². The lowest BCUT2D eigenvalue weighted by Crippen LogP contribution is -2.14. The Morgan fingerprint density at radius 1 is 1.44 bits per heavy atom. The zero-order chi connectivity index (χ0) is 12.3. The fourth-order valence-corrected chi connectivity index (χ4v) is 1.78. The van der Waals surface area contributed by atoms with E-state index in [4.69, 9.17) is 5.84 Å². The van der Waals surface area contributed by atoms with Crippen LogP contribution in [0.25, 0.3) is 0 Å². The van der Waals surface area contributed by atoms with Gasteiger partial charge in [-0.2, -0.15) is 0 Å². The van der Waals surface area contributed by atoms with Crippen LogP contribution in [-0.4, -0.2) is 24.6 Å². The van der Waals surface area contributed by atoms with Gasteiger partial charge in [0.05, 0.1) is 0 Å². The van der Waals surface area contributed by atoms with Crippen molar-refractivity contribution in [3.8, 4) is 0 Å². The standard InChI is InChI=1S/C9H16N4O2S/c1-6(2)7-4-8(13-10)12-9(11-7)5-16(3,14)15/h4,6H,5,10H2,1-3H3,(H,11,12,13). The molecule has 1 rings (SSSR count). The molecule has 0 fully saturated rings. The highest BCUT2D eigenvalue weighted by Crippen LogP contribution is 2.15. The van der Waals surface area contributed by atoms with Gasteiger partial charge in [-0.3, -0.25) is 0 Å². The number of nitrogens with two attached hydrogens (primary N) is 1. The van der Waals surface area contributed by atoms with Crippen LogP contribution in [0.5, 0.6) is 0 Å². The van der Waals surface area contributed by atoms with Crippen molar-refractivity contribution >= 4 is 15.7 Å². The van der Waals surface area contributed by atoms with E-state index in [-0.39, 0.29) is 17.5 Å². The van der Waals surface area contributed by atoms with Crippen LogP contribution in [0, 0.1) is 0 Å². The van der Waals surface area contributed by atoms with Crippen molar-refractivity contribution in [3.63, 3.8) is 0 Å². The fraction of sp³-hybridized carbons (Fsp3) is 0.556. The van der Waals surface area contributed by atoms with E-state index in [9.17, 15) is 8.42 Å². The number of hydrogen-bond donors (Lipinski definition) is 2. The van der Waals surface area contributed by atoms with Crippen LogP contribution in [0.2, 0.25) is 0 Å². The summed E-state index contributed by atoms with van der Waals surface area (Å²) in [5, 5.41) is 0. The molecule has 16 heavy (non-hydrogen) atoms. The molecular formula is C9H16N4O2S. The van der Waals surface area contributed by atoms with Gasteiger partial charge >= 0.3 is 0 Å². The van der Waals surface area contributed by atoms with E-state index < -0.39 is 9.84 Å². The second-order valence-electron chi connectivity index (χ2n) is 3.96. The summed E-state index contributed by atoms with van der Waals surface area (Å²) < 4.78 is 22.3. The first kappa shape index (κ1) is 12.9. The first-order valence-corrected chi connectivity index (χ1v) is 6.90. The van der Waals surface area contributed by atoms with Gasteiger partial charge in [0.25, 0.3) is 0 Å². The molecule has 1 heterocycles. The average molecular weight is 244 g/mol. The minimum absolute atomic E-state index is 0.178. The smallest absolute Gasteiger partial charge is 0.154 e. The van der Waals surface area contributed by atoms with E-state index in [1.54, 1.807) is 6.07 Å². The molecule has 0 bridgehead atoms. The number of aromatic nitrogens is 2. The van der Waals surface area contributed by atoms with Crippen LogP contribution in [-0.2, 0) is 15.6 Å².